The van der Waals surface area contributed by atoms with Crippen molar-refractivity contribution in [2.45, 2.75) is 25.4 Å². The van der Waals surface area contributed by atoms with Gasteiger partial charge in [0.15, 0.2) is 5.13 Å². The number of nitrogens with zero attached hydrogens (tertiary/aromatic N) is 3. The van der Waals surface area contributed by atoms with Crippen molar-refractivity contribution in [1.29, 1.82) is 0 Å². The van der Waals surface area contributed by atoms with E-state index in [1.807, 2.05) is 0 Å². The van der Waals surface area contributed by atoms with Crippen molar-refractivity contribution in [1.82, 2.24) is 10.4 Å². The molecule has 3 rings (SSSR count). The maximum Gasteiger partial charge on any atom is 0.416 e. The summed E-state index contributed by atoms with van der Waals surface area (Å²) >= 11 is 1.48. The van der Waals surface area contributed by atoms with E-state index in [4.69, 9.17) is 0 Å². The third kappa shape index (κ3) is 4.60. The van der Waals surface area contributed by atoms with Crippen LogP contribution in [0.1, 0.15) is 40.1 Å². The van der Waals surface area contributed by atoms with E-state index in [1.165, 1.54) is 24.0 Å². The number of hydrogen-bond acceptors (Lipinski definition) is 5. The summed E-state index contributed by atoms with van der Waals surface area (Å²) in [7, 11) is 0. The number of piperidine rings is 1. The number of rotatable bonds is 4. The van der Waals surface area contributed by atoms with Gasteiger partial charge in [0.1, 0.15) is 0 Å². The zero-order valence-electron chi connectivity index (χ0n) is 13.8. The van der Waals surface area contributed by atoms with Gasteiger partial charge >= 0.3 is 6.18 Å². The summed E-state index contributed by atoms with van der Waals surface area (Å²) in [6.45, 7) is 1.99. The van der Waals surface area contributed by atoms with Crippen molar-refractivity contribution in [2.75, 3.05) is 18.0 Å². The van der Waals surface area contributed by atoms with Crippen LogP contribution >= 0.6 is 11.3 Å². The summed E-state index contributed by atoms with van der Waals surface area (Å²) < 4.78 is 37.5. The predicted octanol–water partition coefficient (Wildman–Crippen LogP) is 3.92. The Morgan fingerprint density at radius 3 is 2.54 bits per heavy atom. The third-order valence-electron chi connectivity index (χ3n) is 3.97. The number of carbonyl (C=O) groups is 1. The predicted molar refractivity (Wildman–Crippen MR) is 94.7 cm³/mol. The maximum atomic E-state index is 12.5. The Kier molecular flexibility index (Phi) is 5.55. The van der Waals surface area contributed by atoms with Crippen LogP contribution in [0.25, 0.3) is 0 Å². The van der Waals surface area contributed by atoms with Crippen molar-refractivity contribution < 1.29 is 18.0 Å². The molecule has 26 heavy (non-hydrogen) atoms. The normalized spacial score (nSPS) is 15.4. The first-order valence-electron chi connectivity index (χ1n) is 8.15. The summed E-state index contributed by atoms with van der Waals surface area (Å²) in [6.07, 6.45) is 2.30. The summed E-state index contributed by atoms with van der Waals surface area (Å²) in [5, 5.41) is 4.78. The smallest absolute Gasteiger partial charge is 0.348 e. The fourth-order valence-electron chi connectivity index (χ4n) is 2.60. The molecule has 1 amide bonds. The Bertz CT molecular complexity index is 780. The van der Waals surface area contributed by atoms with Crippen LogP contribution in [0.5, 0.6) is 0 Å². The third-order valence-corrected chi connectivity index (χ3v) is 4.96. The molecule has 1 aromatic heterocycles. The fourth-order valence-corrected chi connectivity index (χ4v) is 3.44. The molecule has 138 valence electrons. The Labute approximate surface area is 152 Å². The van der Waals surface area contributed by atoms with Crippen LogP contribution in [0.15, 0.2) is 35.6 Å². The molecule has 0 bridgehead atoms. The standard InChI is InChI=1S/C17H17F3N4OS/c18-17(19,20)13-6-4-12(5-7-13)15(25)23-22-11-14-10-21-16(26-14)24-8-2-1-3-9-24/h4-7,10-11H,1-3,8-9H2,(H,23,25)/b22-11+. The van der Waals surface area contributed by atoms with Gasteiger partial charge in [-0.3, -0.25) is 4.79 Å². The van der Waals surface area contributed by atoms with Crippen LogP contribution in [-0.4, -0.2) is 30.2 Å². The molecule has 2 heterocycles. The Morgan fingerprint density at radius 2 is 1.88 bits per heavy atom. The first kappa shape index (κ1) is 18.4. The number of carbonyl (C=O) groups excluding carboxylic acids is 1. The molecule has 9 heteroatoms. The minimum atomic E-state index is -4.43. The van der Waals surface area contributed by atoms with Gasteiger partial charge in [0.2, 0.25) is 0 Å². The van der Waals surface area contributed by atoms with E-state index >= 15 is 0 Å². The van der Waals surface area contributed by atoms with Crippen molar-refractivity contribution in [2.24, 2.45) is 5.10 Å². The molecule has 1 saturated heterocycles. The molecule has 0 saturated carbocycles. The van der Waals surface area contributed by atoms with Crippen LogP contribution in [0.2, 0.25) is 0 Å². The van der Waals surface area contributed by atoms with Crippen molar-refractivity contribution >= 4 is 28.6 Å². The molecule has 0 aliphatic carbocycles. The number of benzene rings is 1. The van der Waals surface area contributed by atoms with E-state index < -0.39 is 17.6 Å². The van der Waals surface area contributed by atoms with E-state index in [0.29, 0.717) is 0 Å². The number of aromatic nitrogens is 1. The lowest BCUT2D eigenvalue weighted by Crippen LogP contribution is -2.29. The van der Waals surface area contributed by atoms with Crippen molar-refractivity contribution in [3.63, 3.8) is 0 Å². The summed E-state index contributed by atoms with van der Waals surface area (Å²) in [4.78, 5) is 19.3. The average Bonchev–Trinajstić information content (AvgIpc) is 3.11. The molecule has 5 nitrogen and oxygen atoms in total. The second-order valence-corrected chi connectivity index (χ2v) is 6.91. The largest absolute Gasteiger partial charge is 0.416 e. The van der Waals surface area contributed by atoms with Crippen LogP contribution in [0, 0.1) is 0 Å². The highest BCUT2D eigenvalue weighted by Crippen LogP contribution is 2.29. The van der Waals surface area contributed by atoms with E-state index in [-0.39, 0.29) is 5.56 Å². The quantitative estimate of drug-likeness (QED) is 0.644. The van der Waals surface area contributed by atoms with E-state index in [9.17, 15) is 18.0 Å². The number of anilines is 1. The van der Waals surface area contributed by atoms with E-state index in [2.05, 4.69) is 20.4 Å². The highest BCUT2D eigenvalue weighted by atomic mass is 32.1. The zero-order chi connectivity index (χ0) is 18.6. The van der Waals surface area contributed by atoms with Gasteiger partial charge in [-0.05, 0) is 43.5 Å². The Hall–Kier alpha value is -2.42. The minimum absolute atomic E-state index is 0.105. The Morgan fingerprint density at radius 1 is 1.19 bits per heavy atom. The maximum absolute atomic E-state index is 12.5. The SMILES string of the molecule is O=C(N/N=C/c1cnc(N2CCCCC2)s1)c1ccc(C(F)(F)F)cc1. The average molecular weight is 382 g/mol. The second kappa shape index (κ2) is 7.86. The van der Waals surface area contributed by atoms with Gasteiger partial charge in [0.25, 0.3) is 5.91 Å². The van der Waals surface area contributed by atoms with E-state index in [0.717, 1.165) is 60.2 Å². The molecule has 1 N–H and O–H groups in total. The Balaban J connectivity index is 1.56. The number of amides is 1. The van der Waals surface area contributed by atoms with Crippen molar-refractivity contribution in [3.8, 4) is 0 Å². The van der Waals surface area contributed by atoms with Gasteiger partial charge < -0.3 is 4.90 Å². The molecule has 1 aromatic carbocycles. The molecule has 0 spiro atoms. The van der Waals surface area contributed by atoms with Crippen LogP contribution in [0.3, 0.4) is 0 Å². The van der Waals surface area contributed by atoms with Gasteiger partial charge in [-0.15, -0.1) is 0 Å². The molecule has 1 aliphatic heterocycles. The molecular weight excluding hydrogens is 365 g/mol. The number of hydrazone groups is 1. The monoisotopic (exact) mass is 382 g/mol. The van der Waals surface area contributed by atoms with Crippen LogP contribution in [-0.2, 0) is 6.18 Å². The summed E-state index contributed by atoms with van der Waals surface area (Å²) in [5.74, 6) is -0.573. The number of halogens is 3. The van der Waals surface area contributed by atoms with E-state index in [1.54, 1.807) is 6.20 Å². The lowest BCUT2D eigenvalue weighted by Gasteiger charge is -2.25. The molecule has 0 atom stereocenters. The first-order valence-corrected chi connectivity index (χ1v) is 8.96. The zero-order valence-corrected chi connectivity index (χ0v) is 14.6. The lowest BCUT2D eigenvalue weighted by atomic mass is 10.1. The second-order valence-electron chi connectivity index (χ2n) is 5.87. The van der Waals surface area contributed by atoms with Crippen LogP contribution < -0.4 is 10.3 Å². The number of hydrogen-bond donors (Lipinski definition) is 1. The number of alkyl halides is 3. The summed E-state index contributed by atoms with van der Waals surface area (Å²) in [6, 6.07) is 3.98. The molecule has 1 aliphatic rings. The minimum Gasteiger partial charge on any atom is -0.348 e. The molecule has 2 aromatic rings. The van der Waals surface area contributed by atoms with Gasteiger partial charge in [-0.1, -0.05) is 11.3 Å². The molecule has 0 unspecified atom stereocenters. The van der Waals surface area contributed by atoms with Gasteiger partial charge in [0.05, 0.1) is 16.7 Å². The highest BCUT2D eigenvalue weighted by molar-refractivity contribution is 7.17. The highest BCUT2D eigenvalue weighted by Gasteiger charge is 2.30. The molecule has 0 radical (unpaired) electrons. The topological polar surface area (TPSA) is 57.6 Å². The molecular formula is C17H17F3N4OS. The van der Waals surface area contributed by atoms with Crippen LogP contribution in [0.4, 0.5) is 18.3 Å². The number of thiazole rings is 1. The van der Waals surface area contributed by atoms with Gasteiger partial charge in [-0.25, -0.2) is 10.4 Å². The fraction of sp³-hybridized carbons (Fsp3) is 0.353. The first-order chi connectivity index (χ1) is 12.4. The number of nitrogens with one attached hydrogen (secondary N) is 1. The van der Waals surface area contributed by atoms with Crippen molar-refractivity contribution in [3.05, 3.63) is 46.5 Å². The lowest BCUT2D eigenvalue weighted by molar-refractivity contribution is -0.137. The molecule has 1 fully saturated rings. The van der Waals surface area contributed by atoms with Gasteiger partial charge in [0, 0.05) is 24.8 Å². The summed E-state index contributed by atoms with van der Waals surface area (Å²) in [5.41, 5.74) is 1.62. The van der Waals surface area contributed by atoms with Gasteiger partial charge in [-0.2, -0.15) is 18.3 Å².